The number of allylic oxidation sites excluding steroid dienone is 3. The number of aryl methyl sites for hydroxylation is 1. The number of hydrogen-bond acceptors (Lipinski definition) is 2. The van der Waals surface area contributed by atoms with Crippen molar-refractivity contribution in [1.29, 1.82) is 0 Å². The van der Waals surface area contributed by atoms with Crippen molar-refractivity contribution in [3.8, 4) is 0 Å². The molecule has 1 aromatic rings. The lowest BCUT2D eigenvalue weighted by molar-refractivity contribution is 0.585. The zero-order chi connectivity index (χ0) is 15.9. The lowest BCUT2D eigenvalue weighted by atomic mass is 10.1. The smallest absolute Gasteiger partial charge is 0.207 e. The Morgan fingerprint density at radius 2 is 1.81 bits per heavy atom. The van der Waals surface area contributed by atoms with E-state index in [1.54, 1.807) is 25.1 Å². The van der Waals surface area contributed by atoms with E-state index in [4.69, 9.17) is 0 Å². The molecule has 0 bridgehead atoms. The van der Waals surface area contributed by atoms with Crippen LogP contribution in [0.5, 0.6) is 0 Å². The zero-order valence-electron chi connectivity index (χ0n) is 13.3. The summed E-state index contributed by atoms with van der Waals surface area (Å²) < 4.78 is 27.0. The molecule has 0 atom stereocenters. The zero-order valence-corrected chi connectivity index (χ0v) is 14.1. The molecule has 0 spiro atoms. The maximum absolute atomic E-state index is 12.2. The van der Waals surface area contributed by atoms with Crippen LogP contribution < -0.4 is 4.72 Å². The second-order valence-electron chi connectivity index (χ2n) is 5.49. The minimum Gasteiger partial charge on any atom is -0.207 e. The van der Waals surface area contributed by atoms with Crippen molar-refractivity contribution in [2.75, 3.05) is 6.54 Å². The SMILES string of the molecule is CC(C)=CCC/C(C)=C/CNS(=O)(=O)c1ccccc1C. The van der Waals surface area contributed by atoms with Crippen molar-refractivity contribution in [2.45, 2.75) is 45.4 Å². The fourth-order valence-corrected chi connectivity index (χ4v) is 3.16. The molecule has 4 heteroatoms. The molecular weight excluding hydrogens is 282 g/mol. The van der Waals surface area contributed by atoms with Crippen molar-refractivity contribution in [3.63, 3.8) is 0 Å². The van der Waals surface area contributed by atoms with Gasteiger partial charge in [-0.05, 0) is 52.2 Å². The van der Waals surface area contributed by atoms with Gasteiger partial charge < -0.3 is 0 Å². The standard InChI is InChI=1S/C17H25NO2S/c1-14(2)8-7-9-15(3)12-13-18-21(19,20)17-11-6-5-10-16(17)4/h5-6,8,10-12,18H,7,9,13H2,1-4H3/b15-12+. The van der Waals surface area contributed by atoms with E-state index < -0.39 is 10.0 Å². The highest BCUT2D eigenvalue weighted by Crippen LogP contribution is 2.13. The first-order valence-electron chi connectivity index (χ1n) is 7.17. The van der Waals surface area contributed by atoms with Crippen LogP contribution in [0, 0.1) is 6.92 Å². The van der Waals surface area contributed by atoms with E-state index in [2.05, 4.69) is 24.6 Å². The fourth-order valence-electron chi connectivity index (χ4n) is 1.95. The summed E-state index contributed by atoms with van der Waals surface area (Å²) in [7, 11) is -3.43. The summed E-state index contributed by atoms with van der Waals surface area (Å²) in [4.78, 5) is 0.348. The van der Waals surface area contributed by atoms with Crippen LogP contribution in [0.15, 0.2) is 52.5 Å². The second-order valence-corrected chi connectivity index (χ2v) is 7.22. The normalized spacial score (nSPS) is 12.3. The van der Waals surface area contributed by atoms with Crippen LogP contribution >= 0.6 is 0 Å². The third-order valence-corrected chi connectivity index (χ3v) is 4.78. The van der Waals surface area contributed by atoms with Gasteiger partial charge in [0.2, 0.25) is 10.0 Å². The topological polar surface area (TPSA) is 46.2 Å². The molecule has 1 N–H and O–H groups in total. The fraction of sp³-hybridized carbons (Fsp3) is 0.412. The third-order valence-electron chi connectivity index (χ3n) is 3.20. The van der Waals surface area contributed by atoms with Gasteiger partial charge in [0.05, 0.1) is 4.90 Å². The first kappa shape index (κ1) is 17.7. The van der Waals surface area contributed by atoms with E-state index in [1.165, 1.54) is 11.1 Å². The van der Waals surface area contributed by atoms with Gasteiger partial charge in [0.1, 0.15) is 0 Å². The molecule has 0 heterocycles. The molecule has 3 nitrogen and oxygen atoms in total. The lowest BCUT2D eigenvalue weighted by Crippen LogP contribution is -2.24. The maximum Gasteiger partial charge on any atom is 0.241 e. The van der Waals surface area contributed by atoms with E-state index in [9.17, 15) is 8.42 Å². The molecule has 1 aromatic carbocycles. The van der Waals surface area contributed by atoms with Gasteiger partial charge in [0.25, 0.3) is 0 Å². The Morgan fingerprint density at radius 1 is 1.14 bits per heavy atom. The van der Waals surface area contributed by atoms with E-state index in [-0.39, 0.29) is 0 Å². The molecule has 0 saturated heterocycles. The van der Waals surface area contributed by atoms with Gasteiger partial charge in [-0.2, -0.15) is 0 Å². The van der Waals surface area contributed by atoms with Crippen LogP contribution in [0.1, 0.15) is 39.2 Å². The highest BCUT2D eigenvalue weighted by atomic mass is 32.2. The van der Waals surface area contributed by atoms with Crippen LogP contribution in [-0.2, 0) is 10.0 Å². The van der Waals surface area contributed by atoms with E-state index in [0.29, 0.717) is 11.4 Å². The van der Waals surface area contributed by atoms with Crippen molar-refractivity contribution < 1.29 is 8.42 Å². The van der Waals surface area contributed by atoms with Crippen LogP contribution in [-0.4, -0.2) is 15.0 Å². The summed E-state index contributed by atoms with van der Waals surface area (Å²) in [5, 5.41) is 0. The summed E-state index contributed by atoms with van der Waals surface area (Å²) in [6.07, 6.45) is 6.08. The predicted octanol–water partition coefficient (Wildman–Crippen LogP) is 3.97. The summed E-state index contributed by atoms with van der Waals surface area (Å²) in [6, 6.07) is 7.00. The number of rotatable bonds is 7. The Hall–Kier alpha value is -1.39. The summed E-state index contributed by atoms with van der Waals surface area (Å²) in [5.74, 6) is 0. The van der Waals surface area contributed by atoms with Gasteiger partial charge in [-0.15, -0.1) is 0 Å². The monoisotopic (exact) mass is 307 g/mol. The molecule has 21 heavy (non-hydrogen) atoms. The van der Waals surface area contributed by atoms with Gasteiger partial charge in [-0.1, -0.05) is 41.5 Å². The molecular formula is C17H25NO2S. The van der Waals surface area contributed by atoms with Crippen LogP contribution in [0.2, 0.25) is 0 Å². The van der Waals surface area contributed by atoms with Crippen molar-refractivity contribution in [3.05, 3.63) is 53.1 Å². The Kier molecular flexibility index (Phi) is 6.85. The first-order valence-corrected chi connectivity index (χ1v) is 8.65. The number of nitrogens with one attached hydrogen (secondary N) is 1. The molecule has 0 unspecified atom stereocenters. The molecule has 0 radical (unpaired) electrons. The summed E-state index contributed by atoms with van der Waals surface area (Å²) in [5.41, 5.74) is 3.26. The van der Waals surface area contributed by atoms with Crippen LogP contribution in [0.3, 0.4) is 0 Å². The molecule has 0 aliphatic carbocycles. The van der Waals surface area contributed by atoms with Crippen molar-refractivity contribution in [1.82, 2.24) is 4.72 Å². The molecule has 0 aliphatic heterocycles. The van der Waals surface area contributed by atoms with Gasteiger partial charge in [-0.25, -0.2) is 13.1 Å². The van der Waals surface area contributed by atoms with Crippen LogP contribution in [0.4, 0.5) is 0 Å². The van der Waals surface area contributed by atoms with E-state index in [0.717, 1.165) is 18.4 Å². The average Bonchev–Trinajstić information content (AvgIpc) is 2.38. The highest BCUT2D eigenvalue weighted by molar-refractivity contribution is 7.89. The Labute approximate surface area is 128 Å². The average molecular weight is 307 g/mol. The van der Waals surface area contributed by atoms with Crippen molar-refractivity contribution >= 4 is 10.0 Å². The molecule has 0 aliphatic rings. The quantitative estimate of drug-likeness (QED) is 0.775. The van der Waals surface area contributed by atoms with Crippen LogP contribution in [0.25, 0.3) is 0 Å². The third kappa shape index (κ3) is 6.27. The number of hydrogen-bond donors (Lipinski definition) is 1. The minimum atomic E-state index is -3.43. The lowest BCUT2D eigenvalue weighted by Gasteiger charge is -2.08. The van der Waals surface area contributed by atoms with Gasteiger partial charge in [-0.3, -0.25) is 0 Å². The summed E-state index contributed by atoms with van der Waals surface area (Å²) in [6.45, 7) is 8.32. The number of sulfonamides is 1. The van der Waals surface area contributed by atoms with Gasteiger partial charge in [0, 0.05) is 6.54 Å². The van der Waals surface area contributed by atoms with Gasteiger partial charge >= 0.3 is 0 Å². The predicted molar refractivity (Wildman–Crippen MR) is 88.8 cm³/mol. The Morgan fingerprint density at radius 3 is 2.43 bits per heavy atom. The van der Waals surface area contributed by atoms with E-state index >= 15 is 0 Å². The Bertz CT molecular complexity index is 624. The van der Waals surface area contributed by atoms with Crippen molar-refractivity contribution in [2.24, 2.45) is 0 Å². The molecule has 116 valence electrons. The first-order chi connectivity index (χ1) is 9.83. The molecule has 0 saturated carbocycles. The van der Waals surface area contributed by atoms with E-state index in [1.807, 2.05) is 19.1 Å². The molecule has 0 amide bonds. The minimum absolute atomic E-state index is 0.331. The largest absolute Gasteiger partial charge is 0.241 e. The highest BCUT2D eigenvalue weighted by Gasteiger charge is 2.14. The maximum atomic E-state index is 12.2. The molecule has 0 fully saturated rings. The molecule has 1 rings (SSSR count). The second kappa shape index (κ2) is 8.15. The number of benzene rings is 1. The van der Waals surface area contributed by atoms with Gasteiger partial charge in [0.15, 0.2) is 0 Å². The summed E-state index contributed by atoms with van der Waals surface area (Å²) >= 11 is 0. The Balaban J connectivity index is 2.58. The molecule has 0 aromatic heterocycles.